The molecule has 1 aromatic carbocycles. The molecule has 0 spiro atoms. The van der Waals surface area contributed by atoms with Gasteiger partial charge in [-0.15, -0.1) is 0 Å². The van der Waals surface area contributed by atoms with E-state index in [1.54, 1.807) is 0 Å². The molecule has 0 saturated carbocycles. The highest BCUT2D eigenvalue weighted by molar-refractivity contribution is 9.10. The summed E-state index contributed by atoms with van der Waals surface area (Å²) in [5.74, 6) is 0. The fourth-order valence-electron chi connectivity index (χ4n) is 2.49. The molecule has 1 nitrogen and oxygen atoms in total. The number of para-hydroxylation sites is 1. The van der Waals surface area contributed by atoms with Gasteiger partial charge in [0.05, 0.1) is 5.52 Å². The lowest BCUT2D eigenvalue weighted by Gasteiger charge is -2.10. The fraction of sp³-hybridized carbons (Fsp3) is 0.357. The van der Waals surface area contributed by atoms with Gasteiger partial charge in [0, 0.05) is 15.6 Å². The van der Waals surface area contributed by atoms with Gasteiger partial charge in [0.15, 0.2) is 0 Å². The molecule has 0 fully saturated rings. The maximum atomic E-state index is 4.81. The molecule has 2 aromatic rings. The molecule has 0 bridgehead atoms. The molecule has 82 valence electrons. The van der Waals surface area contributed by atoms with Crippen molar-refractivity contribution in [1.82, 2.24) is 4.98 Å². The molecule has 0 unspecified atom stereocenters. The smallest absolute Gasteiger partial charge is 0.0716 e. The van der Waals surface area contributed by atoms with Crippen LogP contribution >= 0.6 is 15.9 Å². The van der Waals surface area contributed by atoms with Gasteiger partial charge in [0.2, 0.25) is 0 Å². The van der Waals surface area contributed by atoms with Gasteiger partial charge in [0.1, 0.15) is 0 Å². The zero-order valence-corrected chi connectivity index (χ0v) is 10.8. The largest absolute Gasteiger partial charge is 0.252 e. The number of fused-ring (bicyclic) bond motifs is 2. The van der Waals surface area contributed by atoms with Gasteiger partial charge in [0.25, 0.3) is 0 Å². The summed E-state index contributed by atoms with van der Waals surface area (Å²) in [4.78, 5) is 4.81. The SMILES string of the molecule is Brc1c2c(nc3ccccc13)CCCCC2. The summed E-state index contributed by atoms with van der Waals surface area (Å²) in [5, 5.41) is 1.25. The van der Waals surface area contributed by atoms with Gasteiger partial charge in [-0.25, -0.2) is 0 Å². The molecular formula is C14H14BrN. The van der Waals surface area contributed by atoms with Crippen molar-refractivity contribution in [3.63, 3.8) is 0 Å². The van der Waals surface area contributed by atoms with Crippen LogP contribution in [0.2, 0.25) is 0 Å². The molecule has 16 heavy (non-hydrogen) atoms. The van der Waals surface area contributed by atoms with Crippen LogP contribution in [0.25, 0.3) is 10.9 Å². The Labute approximate surface area is 104 Å². The van der Waals surface area contributed by atoms with Crippen LogP contribution in [0.4, 0.5) is 0 Å². The second-order valence-corrected chi connectivity index (χ2v) is 5.22. The number of halogens is 1. The Kier molecular flexibility index (Phi) is 2.68. The topological polar surface area (TPSA) is 12.9 Å². The average molecular weight is 276 g/mol. The van der Waals surface area contributed by atoms with Crippen molar-refractivity contribution in [2.24, 2.45) is 0 Å². The molecule has 3 rings (SSSR count). The van der Waals surface area contributed by atoms with E-state index < -0.39 is 0 Å². The molecule has 1 aliphatic carbocycles. The number of nitrogens with zero attached hydrogens (tertiary/aromatic N) is 1. The first-order chi connectivity index (χ1) is 7.86. The summed E-state index contributed by atoms with van der Waals surface area (Å²) in [5.41, 5.74) is 3.87. The Balaban J connectivity index is 2.29. The van der Waals surface area contributed by atoms with Crippen LogP contribution in [0.15, 0.2) is 28.7 Å². The standard InChI is InChI=1S/C14H14BrN/c15-14-10-6-2-1-3-8-12(10)16-13-9-5-4-7-11(13)14/h4-5,7,9H,1-3,6,8H2. The summed E-state index contributed by atoms with van der Waals surface area (Å²) >= 11 is 3.76. The van der Waals surface area contributed by atoms with Crippen LogP contribution in [0.3, 0.4) is 0 Å². The lowest BCUT2D eigenvalue weighted by atomic mass is 10.1. The summed E-state index contributed by atoms with van der Waals surface area (Å²) in [6.07, 6.45) is 6.22. The van der Waals surface area contributed by atoms with Gasteiger partial charge in [-0.2, -0.15) is 0 Å². The van der Waals surface area contributed by atoms with Crippen molar-refractivity contribution >= 4 is 26.8 Å². The van der Waals surface area contributed by atoms with E-state index in [4.69, 9.17) is 4.98 Å². The van der Waals surface area contributed by atoms with E-state index in [9.17, 15) is 0 Å². The Bertz CT molecular complexity index is 533. The first kappa shape index (κ1) is 10.3. The summed E-state index contributed by atoms with van der Waals surface area (Å²) in [6.45, 7) is 0. The van der Waals surface area contributed by atoms with Crippen molar-refractivity contribution in [1.29, 1.82) is 0 Å². The number of pyridine rings is 1. The van der Waals surface area contributed by atoms with Crippen LogP contribution in [-0.2, 0) is 12.8 Å². The van der Waals surface area contributed by atoms with E-state index in [0.29, 0.717) is 0 Å². The van der Waals surface area contributed by atoms with Crippen LogP contribution in [0.1, 0.15) is 30.5 Å². The molecule has 1 aliphatic rings. The molecule has 2 heteroatoms. The van der Waals surface area contributed by atoms with Crippen LogP contribution in [0, 0.1) is 0 Å². The fourth-order valence-corrected chi connectivity index (χ4v) is 3.25. The predicted molar refractivity (Wildman–Crippen MR) is 70.7 cm³/mol. The zero-order chi connectivity index (χ0) is 11.0. The molecule has 0 amide bonds. The number of benzene rings is 1. The van der Waals surface area contributed by atoms with Crippen LogP contribution < -0.4 is 0 Å². The number of aryl methyl sites for hydroxylation is 1. The van der Waals surface area contributed by atoms with E-state index in [-0.39, 0.29) is 0 Å². The second kappa shape index (κ2) is 4.17. The van der Waals surface area contributed by atoms with Gasteiger partial charge in [-0.3, -0.25) is 4.98 Å². The summed E-state index contributed by atoms with van der Waals surface area (Å²) < 4.78 is 1.27. The highest BCUT2D eigenvalue weighted by Crippen LogP contribution is 2.32. The number of hydrogen-bond donors (Lipinski definition) is 0. The Morgan fingerprint density at radius 3 is 2.75 bits per heavy atom. The lowest BCUT2D eigenvalue weighted by Crippen LogP contribution is -1.98. The minimum Gasteiger partial charge on any atom is -0.252 e. The van der Waals surface area contributed by atoms with Crippen molar-refractivity contribution in [2.75, 3.05) is 0 Å². The van der Waals surface area contributed by atoms with Crippen molar-refractivity contribution in [3.8, 4) is 0 Å². The third-order valence-electron chi connectivity index (χ3n) is 3.35. The molecule has 0 aliphatic heterocycles. The number of hydrogen-bond acceptors (Lipinski definition) is 1. The van der Waals surface area contributed by atoms with E-state index in [2.05, 4.69) is 40.2 Å². The minimum atomic E-state index is 1.12. The van der Waals surface area contributed by atoms with Crippen LogP contribution in [-0.4, -0.2) is 4.98 Å². The third kappa shape index (κ3) is 1.65. The zero-order valence-electron chi connectivity index (χ0n) is 9.17. The van der Waals surface area contributed by atoms with Crippen LogP contribution in [0.5, 0.6) is 0 Å². The Morgan fingerprint density at radius 1 is 1.00 bits per heavy atom. The normalized spacial score (nSPS) is 15.8. The quantitative estimate of drug-likeness (QED) is 0.655. The van der Waals surface area contributed by atoms with Gasteiger partial charge in [-0.05, 0) is 53.2 Å². The molecule has 1 aromatic heterocycles. The molecule has 1 heterocycles. The van der Waals surface area contributed by atoms with Gasteiger partial charge in [-0.1, -0.05) is 24.6 Å². The third-order valence-corrected chi connectivity index (χ3v) is 4.26. The first-order valence-electron chi connectivity index (χ1n) is 5.92. The molecular weight excluding hydrogens is 262 g/mol. The monoisotopic (exact) mass is 275 g/mol. The van der Waals surface area contributed by atoms with E-state index in [0.717, 1.165) is 11.9 Å². The molecule has 0 saturated heterocycles. The van der Waals surface area contributed by atoms with E-state index >= 15 is 0 Å². The average Bonchev–Trinajstić information content (AvgIpc) is 2.55. The molecule has 0 N–H and O–H groups in total. The van der Waals surface area contributed by atoms with Gasteiger partial charge >= 0.3 is 0 Å². The number of aromatic nitrogens is 1. The van der Waals surface area contributed by atoms with Gasteiger partial charge < -0.3 is 0 Å². The molecule has 0 radical (unpaired) electrons. The first-order valence-corrected chi connectivity index (χ1v) is 6.71. The highest BCUT2D eigenvalue weighted by Gasteiger charge is 2.14. The van der Waals surface area contributed by atoms with Crippen molar-refractivity contribution in [3.05, 3.63) is 40.0 Å². The molecule has 0 atom stereocenters. The maximum absolute atomic E-state index is 4.81. The summed E-state index contributed by atoms with van der Waals surface area (Å²) in [6, 6.07) is 8.39. The van der Waals surface area contributed by atoms with E-state index in [1.807, 2.05) is 0 Å². The second-order valence-electron chi connectivity index (χ2n) is 4.43. The number of rotatable bonds is 0. The lowest BCUT2D eigenvalue weighted by molar-refractivity contribution is 0.709. The predicted octanol–water partition coefficient (Wildman–Crippen LogP) is 4.27. The van der Waals surface area contributed by atoms with Crippen molar-refractivity contribution in [2.45, 2.75) is 32.1 Å². The highest BCUT2D eigenvalue weighted by atomic mass is 79.9. The van der Waals surface area contributed by atoms with Crippen molar-refractivity contribution < 1.29 is 0 Å². The Hall–Kier alpha value is -0.890. The summed E-state index contributed by atoms with van der Waals surface area (Å²) in [7, 11) is 0. The Morgan fingerprint density at radius 2 is 1.81 bits per heavy atom. The van der Waals surface area contributed by atoms with E-state index in [1.165, 1.54) is 46.8 Å². The minimum absolute atomic E-state index is 1.12. The maximum Gasteiger partial charge on any atom is 0.0716 e.